The van der Waals surface area contributed by atoms with E-state index in [0.29, 0.717) is 5.92 Å². The van der Waals surface area contributed by atoms with Crippen LogP contribution in [0, 0.1) is 29.5 Å². The molecule has 0 radical (unpaired) electrons. The first-order valence-electron chi connectivity index (χ1n) is 8.55. The molecule has 0 unspecified atom stereocenters. The van der Waals surface area contributed by atoms with Crippen LogP contribution in [0.15, 0.2) is 24.3 Å². The second-order valence-corrected chi connectivity index (χ2v) is 6.34. The van der Waals surface area contributed by atoms with E-state index in [2.05, 4.69) is 18.8 Å². The molecule has 1 aliphatic carbocycles. The molecule has 1 fully saturated rings. The Hall–Kier alpha value is -1.29. The van der Waals surface area contributed by atoms with E-state index in [1.807, 2.05) is 0 Å². The molecule has 1 aromatic carbocycles. The van der Waals surface area contributed by atoms with Crippen LogP contribution < -0.4 is 0 Å². The fourth-order valence-electron chi connectivity index (χ4n) is 3.17. The van der Waals surface area contributed by atoms with Crippen LogP contribution in [0.3, 0.4) is 0 Å². The molecule has 1 saturated carbocycles. The first-order valence-corrected chi connectivity index (χ1v) is 8.55. The molecule has 0 heterocycles. The van der Waals surface area contributed by atoms with Crippen molar-refractivity contribution in [2.75, 3.05) is 0 Å². The van der Waals surface area contributed by atoms with Crippen molar-refractivity contribution in [3.8, 4) is 11.8 Å². The van der Waals surface area contributed by atoms with Crippen molar-refractivity contribution in [3.63, 3.8) is 0 Å². The van der Waals surface area contributed by atoms with Gasteiger partial charge in [-0.25, -0.2) is 4.39 Å². The van der Waals surface area contributed by atoms with Gasteiger partial charge in [-0.3, -0.25) is 0 Å². The SMILES string of the molecule is CCCCCC[C@H]1CC[C@H](C#Cc2ccc(F)cc2)CC1. The van der Waals surface area contributed by atoms with E-state index in [1.54, 1.807) is 12.1 Å². The fourth-order valence-corrected chi connectivity index (χ4v) is 3.17. The Morgan fingerprint density at radius 3 is 2.38 bits per heavy atom. The van der Waals surface area contributed by atoms with E-state index in [1.165, 1.54) is 69.9 Å². The number of rotatable bonds is 5. The van der Waals surface area contributed by atoms with Crippen molar-refractivity contribution < 1.29 is 4.39 Å². The van der Waals surface area contributed by atoms with Gasteiger partial charge in [0.2, 0.25) is 0 Å². The molecule has 1 aromatic rings. The normalized spacial score (nSPS) is 21.6. The third-order valence-electron chi connectivity index (χ3n) is 4.58. The van der Waals surface area contributed by atoms with Gasteiger partial charge in [-0.15, -0.1) is 0 Å². The van der Waals surface area contributed by atoms with Gasteiger partial charge in [0, 0.05) is 11.5 Å². The third-order valence-corrected chi connectivity index (χ3v) is 4.58. The summed E-state index contributed by atoms with van der Waals surface area (Å²) in [6, 6.07) is 6.50. The lowest BCUT2D eigenvalue weighted by Crippen LogP contribution is -2.13. The predicted molar refractivity (Wildman–Crippen MR) is 87.5 cm³/mol. The molecule has 0 N–H and O–H groups in total. The highest BCUT2D eigenvalue weighted by Crippen LogP contribution is 2.31. The number of unbranched alkanes of at least 4 members (excludes halogenated alkanes) is 3. The highest BCUT2D eigenvalue weighted by Gasteiger charge is 2.19. The lowest BCUT2D eigenvalue weighted by molar-refractivity contribution is 0.294. The zero-order valence-corrected chi connectivity index (χ0v) is 13.2. The first-order chi connectivity index (χ1) is 10.3. The second kappa shape index (κ2) is 8.88. The van der Waals surface area contributed by atoms with Gasteiger partial charge in [0.05, 0.1) is 0 Å². The summed E-state index contributed by atoms with van der Waals surface area (Å²) in [5.74, 6) is 7.87. The highest BCUT2D eigenvalue weighted by atomic mass is 19.1. The molecule has 0 bridgehead atoms. The topological polar surface area (TPSA) is 0 Å². The van der Waals surface area contributed by atoms with Crippen LogP contribution in [-0.4, -0.2) is 0 Å². The average molecular weight is 286 g/mol. The van der Waals surface area contributed by atoms with E-state index >= 15 is 0 Å². The first kappa shape index (κ1) is 16.1. The zero-order valence-electron chi connectivity index (χ0n) is 13.2. The van der Waals surface area contributed by atoms with Gasteiger partial charge < -0.3 is 0 Å². The van der Waals surface area contributed by atoms with Crippen molar-refractivity contribution in [1.29, 1.82) is 0 Å². The average Bonchev–Trinajstić information content (AvgIpc) is 2.52. The van der Waals surface area contributed by atoms with Crippen LogP contribution in [0.4, 0.5) is 4.39 Å². The van der Waals surface area contributed by atoms with Crippen molar-refractivity contribution in [3.05, 3.63) is 35.6 Å². The minimum atomic E-state index is -0.191. The van der Waals surface area contributed by atoms with Crippen LogP contribution in [0.1, 0.15) is 70.3 Å². The van der Waals surface area contributed by atoms with Gasteiger partial charge in [0.25, 0.3) is 0 Å². The molecule has 114 valence electrons. The van der Waals surface area contributed by atoms with Crippen LogP contribution in [-0.2, 0) is 0 Å². The molecule has 1 aliphatic rings. The fraction of sp³-hybridized carbons (Fsp3) is 0.600. The van der Waals surface area contributed by atoms with Crippen LogP contribution in [0.2, 0.25) is 0 Å². The zero-order chi connectivity index (χ0) is 14.9. The Morgan fingerprint density at radius 1 is 1.00 bits per heavy atom. The van der Waals surface area contributed by atoms with Crippen molar-refractivity contribution in [1.82, 2.24) is 0 Å². The maximum Gasteiger partial charge on any atom is 0.123 e. The molecule has 0 aromatic heterocycles. The van der Waals surface area contributed by atoms with Gasteiger partial charge in [0.1, 0.15) is 5.82 Å². The Labute approximate surface area is 129 Å². The summed E-state index contributed by atoms with van der Waals surface area (Å²) in [5, 5.41) is 0. The molecule has 0 nitrogen and oxygen atoms in total. The van der Waals surface area contributed by atoms with Gasteiger partial charge in [-0.05, 0) is 55.9 Å². The number of benzene rings is 1. The third kappa shape index (κ3) is 5.92. The molecule has 0 aliphatic heterocycles. The molecular formula is C20H27F. The Bertz CT molecular complexity index is 455. The smallest absolute Gasteiger partial charge is 0.123 e. The van der Waals surface area contributed by atoms with Crippen molar-refractivity contribution in [2.45, 2.75) is 64.7 Å². The molecular weight excluding hydrogens is 259 g/mol. The summed E-state index contributed by atoms with van der Waals surface area (Å²) in [5.41, 5.74) is 0.929. The highest BCUT2D eigenvalue weighted by molar-refractivity contribution is 5.34. The van der Waals surface area contributed by atoms with Crippen LogP contribution in [0.25, 0.3) is 0 Å². The van der Waals surface area contributed by atoms with Gasteiger partial charge >= 0.3 is 0 Å². The Kier molecular flexibility index (Phi) is 6.80. The number of hydrogen-bond acceptors (Lipinski definition) is 0. The molecule has 0 spiro atoms. The Balaban J connectivity index is 1.70. The predicted octanol–water partition coefficient (Wildman–Crippen LogP) is 5.95. The van der Waals surface area contributed by atoms with E-state index < -0.39 is 0 Å². The molecule has 0 saturated heterocycles. The van der Waals surface area contributed by atoms with E-state index in [4.69, 9.17) is 0 Å². The number of halogens is 1. The van der Waals surface area contributed by atoms with Gasteiger partial charge in [-0.1, -0.05) is 50.9 Å². The quantitative estimate of drug-likeness (QED) is 0.463. The second-order valence-electron chi connectivity index (χ2n) is 6.34. The largest absolute Gasteiger partial charge is 0.207 e. The lowest BCUT2D eigenvalue weighted by atomic mass is 9.80. The van der Waals surface area contributed by atoms with E-state index in [0.717, 1.165) is 11.5 Å². The summed E-state index contributed by atoms with van der Waals surface area (Å²) in [6.45, 7) is 2.27. The lowest BCUT2D eigenvalue weighted by Gasteiger charge is -2.25. The molecule has 0 amide bonds. The minimum Gasteiger partial charge on any atom is -0.207 e. The van der Waals surface area contributed by atoms with Crippen LogP contribution >= 0.6 is 0 Å². The summed E-state index contributed by atoms with van der Waals surface area (Å²) < 4.78 is 12.8. The van der Waals surface area contributed by atoms with Gasteiger partial charge in [0.15, 0.2) is 0 Å². The minimum absolute atomic E-state index is 0.191. The molecule has 21 heavy (non-hydrogen) atoms. The summed E-state index contributed by atoms with van der Waals surface area (Å²) in [7, 11) is 0. The number of hydrogen-bond donors (Lipinski definition) is 0. The summed E-state index contributed by atoms with van der Waals surface area (Å²) in [4.78, 5) is 0. The Morgan fingerprint density at radius 2 is 1.71 bits per heavy atom. The van der Waals surface area contributed by atoms with Gasteiger partial charge in [-0.2, -0.15) is 0 Å². The molecule has 0 atom stereocenters. The molecule has 1 heteroatoms. The maximum absolute atomic E-state index is 12.8. The van der Waals surface area contributed by atoms with Crippen LogP contribution in [0.5, 0.6) is 0 Å². The monoisotopic (exact) mass is 286 g/mol. The summed E-state index contributed by atoms with van der Waals surface area (Å²) in [6.07, 6.45) is 12.1. The maximum atomic E-state index is 12.8. The molecule has 2 rings (SSSR count). The van der Waals surface area contributed by atoms with Crippen molar-refractivity contribution in [2.24, 2.45) is 11.8 Å². The van der Waals surface area contributed by atoms with Crippen molar-refractivity contribution >= 4 is 0 Å². The van der Waals surface area contributed by atoms with E-state index in [9.17, 15) is 4.39 Å². The van der Waals surface area contributed by atoms with E-state index in [-0.39, 0.29) is 5.82 Å². The summed E-state index contributed by atoms with van der Waals surface area (Å²) >= 11 is 0. The standard InChI is InChI=1S/C20H27F/c1-2-3-4-5-6-17-7-9-18(10-8-17)11-12-19-13-15-20(21)16-14-19/h13-18H,2-10H2,1H3/t17-,18-.